The van der Waals surface area contributed by atoms with Gasteiger partial charge in [0.1, 0.15) is 6.20 Å². The molecule has 3 rings (SSSR count). The predicted molar refractivity (Wildman–Crippen MR) is 71.8 cm³/mol. The van der Waals surface area contributed by atoms with Crippen molar-refractivity contribution in [1.29, 1.82) is 0 Å². The quantitative estimate of drug-likeness (QED) is 0.661. The van der Waals surface area contributed by atoms with Crippen LogP contribution in [0.1, 0.15) is 5.56 Å². The van der Waals surface area contributed by atoms with E-state index in [0.717, 1.165) is 15.8 Å². The van der Waals surface area contributed by atoms with Gasteiger partial charge in [-0.25, -0.2) is 9.38 Å². The van der Waals surface area contributed by atoms with Gasteiger partial charge in [-0.3, -0.25) is 0 Å². The Morgan fingerprint density at radius 3 is 2.65 bits per heavy atom. The number of hydrogen-bond acceptors (Lipinski definition) is 0. The van der Waals surface area contributed by atoms with Gasteiger partial charge in [-0.05, 0) is 42.8 Å². The molecule has 3 heteroatoms. The van der Waals surface area contributed by atoms with E-state index in [1.54, 1.807) is 0 Å². The molecule has 0 saturated heterocycles. The number of nitrogens with zero attached hydrogens (tertiary/aromatic N) is 1. The molecule has 0 aliphatic rings. The Labute approximate surface area is 108 Å². The Balaban J connectivity index is 2.14. The normalized spacial score (nSPS) is 10.9. The zero-order valence-corrected chi connectivity index (χ0v) is 11.0. The highest BCUT2D eigenvalue weighted by atomic mass is 79.9. The monoisotopic (exact) mass is 287 g/mol. The van der Waals surface area contributed by atoms with Gasteiger partial charge in [0.2, 0.25) is 0 Å². The number of pyridine rings is 1. The number of hydrogen-bond donors (Lipinski definition) is 1. The SMILES string of the molecule is Cc1cc[n+]2cc(-c3ccc(Br)cc3)[nH]c2c1. The van der Waals surface area contributed by atoms with Crippen LogP contribution in [-0.2, 0) is 0 Å². The van der Waals surface area contributed by atoms with Gasteiger partial charge in [0.25, 0.3) is 5.65 Å². The summed E-state index contributed by atoms with van der Waals surface area (Å²) in [4.78, 5) is 3.42. The van der Waals surface area contributed by atoms with E-state index in [1.807, 2.05) is 0 Å². The van der Waals surface area contributed by atoms with Crippen LogP contribution in [0.4, 0.5) is 0 Å². The largest absolute Gasteiger partial charge is 0.284 e. The summed E-state index contributed by atoms with van der Waals surface area (Å²) in [5.41, 5.74) is 4.69. The van der Waals surface area contributed by atoms with E-state index in [9.17, 15) is 0 Å². The maximum absolute atomic E-state index is 3.45. The Morgan fingerprint density at radius 1 is 1.12 bits per heavy atom. The molecule has 1 N–H and O–H groups in total. The van der Waals surface area contributed by atoms with Gasteiger partial charge in [0, 0.05) is 16.1 Å². The molecule has 0 amide bonds. The predicted octanol–water partition coefficient (Wildman–Crippen LogP) is 3.49. The molecule has 2 heterocycles. The van der Waals surface area contributed by atoms with Crippen LogP contribution in [0.5, 0.6) is 0 Å². The van der Waals surface area contributed by atoms with Gasteiger partial charge in [-0.2, -0.15) is 0 Å². The molecule has 1 aromatic carbocycles. The third-order valence-electron chi connectivity index (χ3n) is 2.83. The van der Waals surface area contributed by atoms with Crippen LogP contribution < -0.4 is 4.40 Å². The molecule has 0 spiro atoms. The standard InChI is InChI=1S/C14H11BrN2/c1-10-6-7-17-9-13(16-14(17)8-10)11-2-4-12(15)5-3-11/h2-9H,1H3/p+1. The lowest BCUT2D eigenvalue weighted by atomic mass is 10.2. The van der Waals surface area contributed by atoms with Gasteiger partial charge in [0.05, 0.1) is 6.20 Å². The molecular formula is C14H12BrN2+. The average molecular weight is 288 g/mol. The summed E-state index contributed by atoms with van der Waals surface area (Å²) in [5, 5.41) is 0. The second kappa shape index (κ2) is 4.00. The smallest absolute Gasteiger partial charge is 0.237 e. The molecule has 2 nitrogen and oxygen atoms in total. The van der Waals surface area contributed by atoms with Gasteiger partial charge in [0.15, 0.2) is 5.69 Å². The van der Waals surface area contributed by atoms with E-state index in [1.165, 1.54) is 11.1 Å². The van der Waals surface area contributed by atoms with E-state index in [2.05, 4.69) is 81.0 Å². The van der Waals surface area contributed by atoms with Crippen LogP contribution in [-0.4, -0.2) is 4.98 Å². The summed E-state index contributed by atoms with van der Waals surface area (Å²) >= 11 is 3.45. The number of aryl methyl sites for hydroxylation is 1. The second-order valence-corrected chi connectivity index (χ2v) is 5.09. The first-order valence-corrected chi connectivity index (χ1v) is 6.28. The fourth-order valence-corrected chi connectivity index (χ4v) is 2.18. The van der Waals surface area contributed by atoms with Crippen LogP contribution in [0.25, 0.3) is 16.9 Å². The first-order valence-electron chi connectivity index (χ1n) is 5.49. The number of rotatable bonds is 1. The molecule has 0 bridgehead atoms. The summed E-state index contributed by atoms with van der Waals surface area (Å²) in [7, 11) is 0. The molecule has 0 radical (unpaired) electrons. The highest BCUT2D eigenvalue weighted by Gasteiger charge is 2.10. The van der Waals surface area contributed by atoms with Crippen molar-refractivity contribution in [1.82, 2.24) is 4.98 Å². The Hall–Kier alpha value is -1.61. The molecule has 2 aromatic heterocycles. The van der Waals surface area contributed by atoms with Crippen molar-refractivity contribution in [3.8, 4) is 11.3 Å². The minimum absolute atomic E-state index is 1.10. The molecule has 3 aromatic rings. The molecular weight excluding hydrogens is 276 g/mol. The number of imidazole rings is 1. The maximum Gasteiger partial charge on any atom is 0.284 e. The molecule has 0 atom stereocenters. The molecule has 0 aliphatic heterocycles. The first kappa shape index (κ1) is 10.5. The molecule has 0 fully saturated rings. The van der Waals surface area contributed by atoms with E-state index in [-0.39, 0.29) is 0 Å². The fourth-order valence-electron chi connectivity index (χ4n) is 1.92. The minimum Gasteiger partial charge on any atom is -0.237 e. The van der Waals surface area contributed by atoms with E-state index >= 15 is 0 Å². The van der Waals surface area contributed by atoms with E-state index in [0.29, 0.717) is 0 Å². The Morgan fingerprint density at radius 2 is 1.88 bits per heavy atom. The third kappa shape index (κ3) is 1.98. The van der Waals surface area contributed by atoms with Crippen molar-refractivity contribution in [2.45, 2.75) is 6.92 Å². The Kier molecular flexibility index (Phi) is 2.48. The number of benzene rings is 1. The van der Waals surface area contributed by atoms with Gasteiger partial charge in [-0.1, -0.05) is 15.9 Å². The van der Waals surface area contributed by atoms with Crippen molar-refractivity contribution < 1.29 is 4.40 Å². The van der Waals surface area contributed by atoms with Gasteiger partial charge < -0.3 is 0 Å². The molecule has 84 valence electrons. The molecule has 0 saturated carbocycles. The number of nitrogens with one attached hydrogen (secondary N) is 1. The lowest BCUT2D eigenvalue weighted by Gasteiger charge is -1.92. The number of aromatic amines is 1. The van der Waals surface area contributed by atoms with Crippen LogP contribution in [0.15, 0.2) is 53.3 Å². The third-order valence-corrected chi connectivity index (χ3v) is 3.36. The van der Waals surface area contributed by atoms with E-state index in [4.69, 9.17) is 0 Å². The fraction of sp³-hybridized carbons (Fsp3) is 0.0714. The first-order chi connectivity index (χ1) is 8.22. The zero-order chi connectivity index (χ0) is 11.8. The van der Waals surface area contributed by atoms with Crippen molar-refractivity contribution >= 4 is 21.6 Å². The summed E-state index contributed by atoms with van der Waals surface area (Å²) in [6, 6.07) is 12.5. The molecule has 0 unspecified atom stereocenters. The minimum atomic E-state index is 1.10. The van der Waals surface area contributed by atoms with E-state index < -0.39 is 0 Å². The van der Waals surface area contributed by atoms with Gasteiger partial charge >= 0.3 is 0 Å². The van der Waals surface area contributed by atoms with Crippen LogP contribution in [0.2, 0.25) is 0 Å². The number of fused-ring (bicyclic) bond motifs is 1. The number of H-pyrrole nitrogens is 1. The van der Waals surface area contributed by atoms with Crippen molar-refractivity contribution in [3.63, 3.8) is 0 Å². The number of halogens is 1. The average Bonchev–Trinajstić information content (AvgIpc) is 2.72. The zero-order valence-electron chi connectivity index (χ0n) is 9.44. The highest BCUT2D eigenvalue weighted by Crippen LogP contribution is 2.19. The van der Waals surface area contributed by atoms with Crippen molar-refractivity contribution in [3.05, 3.63) is 58.8 Å². The summed E-state index contributed by atoms with van der Waals surface area (Å²) in [5.74, 6) is 0. The van der Waals surface area contributed by atoms with Gasteiger partial charge in [-0.15, -0.1) is 0 Å². The molecule has 0 aliphatic carbocycles. The molecule has 17 heavy (non-hydrogen) atoms. The lowest BCUT2D eigenvalue weighted by molar-refractivity contribution is -0.509. The summed E-state index contributed by atoms with van der Waals surface area (Å²) < 4.78 is 3.20. The maximum atomic E-state index is 3.45. The van der Waals surface area contributed by atoms with Crippen molar-refractivity contribution in [2.75, 3.05) is 0 Å². The summed E-state index contributed by atoms with van der Waals surface area (Å²) in [6.45, 7) is 2.10. The van der Waals surface area contributed by atoms with Crippen molar-refractivity contribution in [2.24, 2.45) is 0 Å². The topological polar surface area (TPSA) is 19.9 Å². The second-order valence-electron chi connectivity index (χ2n) is 4.17. The van der Waals surface area contributed by atoms with Crippen LogP contribution in [0.3, 0.4) is 0 Å². The Bertz CT molecular complexity index is 668. The summed E-state index contributed by atoms with van der Waals surface area (Å²) in [6.07, 6.45) is 4.18. The van der Waals surface area contributed by atoms with Crippen LogP contribution in [0, 0.1) is 6.92 Å². The number of aromatic nitrogens is 2. The van der Waals surface area contributed by atoms with Crippen LogP contribution >= 0.6 is 15.9 Å². The lowest BCUT2D eigenvalue weighted by Crippen LogP contribution is -2.16. The highest BCUT2D eigenvalue weighted by molar-refractivity contribution is 9.10.